The molecule has 0 radical (unpaired) electrons. The van der Waals surface area contributed by atoms with Crippen molar-refractivity contribution in [1.29, 1.82) is 0 Å². The zero-order valence-electron chi connectivity index (χ0n) is 16.1. The van der Waals surface area contributed by atoms with Crippen molar-refractivity contribution in [3.63, 3.8) is 0 Å². The van der Waals surface area contributed by atoms with Gasteiger partial charge in [-0.3, -0.25) is 18.9 Å². The van der Waals surface area contributed by atoms with E-state index in [1.54, 1.807) is 6.92 Å². The van der Waals surface area contributed by atoms with Crippen molar-refractivity contribution < 1.29 is 56.3 Å². The molecule has 184 valence electrons. The van der Waals surface area contributed by atoms with Crippen molar-refractivity contribution in [2.24, 2.45) is 0 Å². The van der Waals surface area contributed by atoms with Crippen molar-refractivity contribution >= 4 is 35.1 Å². The van der Waals surface area contributed by atoms with Gasteiger partial charge in [0.1, 0.15) is 17.1 Å². The maximum atomic E-state index is 12.1. The van der Waals surface area contributed by atoms with Gasteiger partial charge in [-0.25, -0.2) is 18.5 Å². The number of rotatable bonds is 10. The van der Waals surface area contributed by atoms with Gasteiger partial charge in [-0.1, -0.05) is 13.3 Å². The fraction of sp³-hybridized carbons (Fsp3) is 0.667. The minimum atomic E-state index is -5.74. The van der Waals surface area contributed by atoms with E-state index in [1.165, 1.54) is 0 Å². The van der Waals surface area contributed by atoms with Gasteiger partial charge in [-0.05, 0) is 6.42 Å². The van der Waals surface area contributed by atoms with Crippen LogP contribution < -0.4 is 11.2 Å². The van der Waals surface area contributed by atoms with E-state index in [0.29, 0.717) is 6.42 Å². The van der Waals surface area contributed by atoms with Crippen LogP contribution in [0.3, 0.4) is 0 Å². The summed E-state index contributed by atoms with van der Waals surface area (Å²) >= 11 is 6.19. The fourth-order valence-electron chi connectivity index (χ4n) is 2.97. The van der Waals surface area contributed by atoms with Gasteiger partial charge in [0.25, 0.3) is 5.56 Å². The monoisotopic (exact) mass is 544 g/mol. The Kier molecular flexibility index (Phi) is 8.51. The first kappa shape index (κ1) is 27.5. The molecule has 1 saturated heterocycles. The highest BCUT2D eigenvalue weighted by Gasteiger charge is 2.56. The average molecular weight is 545 g/mol. The van der Waals surface area contributed by atoms with Gasteiger partial charge >= 0.3 is 29.2 Å². The molecule has 1 aromatic heterocycles. The molecule has 1 aliphatic rings. The molecule has 16 nitrogen and oxygen atoms in total. The lowest BCUT2D eigenvalue weighted by Gasteiger charge is -2.32. The largest absolute Gasteiger partial charge is 0.490 e. The molecule has 2 heterocycles. The summed E-state index contributed by atoms with van der Waals surface area (Å²) < 4.78 is 52.6. The van der Waals surface area contributed by atoms with Gasteiger partial charge in [-0.2, -0.15) is 8.62 Å². The van der Waals surface area contributed by atoms with E-state index < -0.39 is 64.6 Å². The molecule has 6 N–H and O–H groups in total. The van der Waals surface area contributed by atoms with E-state index in [0.717, 1.165) is 16.8 Å². The second kappa shape index (κ2) is 9.88. The number of phosphoric ester groups is 1. The van der Waals surface area contributed by atoms with E-state index >= 15 is 0 Å². The van der Waals surface area contributed by atoms with Crippen molar-refractivity contribution in [3.05, 3.63) is 33.1 Å². The highest BCUT2D eigenvalue weighted by Crippen LogP contribution is 2.66. The molecule has 1 fully saturated rings. The highest BCUT2D eigenvalue weighted by atomic mass is 35.5. The Hall–Kier alpha value is -0.700. The lowest BCUT2D eigenvalue weighted by atomic mass is 9.92. The maximum absolute atomic E-state index is 12.1. The number of hydrogen-bond acceptors (Lipinski definition) is 10. The van der Waals surface area contributed by atoms with E-state index in [4.69, 9.17) is 26.1 Å². The van der Waals surface area contributed by atoms with E-state index in [-0.39, 0.29) is 6.42 Å². The summed E-state index contributed by atoms with van der Waals surface area (Å²) in [5, 5.41) is 9.32. The second-order valence-corrected chi connectivity index (χ2v) is 11.5. The van der Waals surface area contributed by atoms with Crippen LogP contribution in [0.1, 0.15) is 26.0 Å². The van der Waals surface area contributed by atoms with Crippen molar-refractivity contribution in [1.82, 2.24) is 9.55 Å². The molecule has 6 atom stereocenters. The number of H-pyrrole nitrogens is 1. The third-order valence-corrected chi connectivity index (χ3v) is 8.39. The number of nitrogens with zero attached hydrogens (tertiary/aromatic N) is 1. The van der Waals surface area contributed by atoms with Gasteiger partial charge in [0.2, 0.25) is 0 Å². The molecular formula is C12H20ClN2O14P3. The molecule has 3 unspecified atom stereocenters. The Morgan fingerprint density at radius 2 is 1.81 bits per heavy atom. The summed E-state index contributed by atoms with van der Waals surface area (Å²) in [4.78, 5) is 61.3. The Balaban J connectivity index is 2.25. The first-order valence-electron chi connectivity index (χ1n) is 8.61. The zero-order valence-corrected chi connectivity index (χ0v) is 19.5. The van der Waals surface area contributed by atoms with Crippen LogP contribution in [0.5, 0.6) is 0 Å². The smallest absolute Gasteiger partial charge is 0.388 e. The van der Waals surface area contributed by atoms with Crippen LogP contribution in [-0.2, 0) is 31.6 Å². The number of ether oxygens (including phenoxy) is 1. The molecule has 0 saturated carbocycles. The van der Waals surface area contributed by atoms with Crippen LogP contribution in [0.2, 0.25) is 0 Å². The van der Waals surface area contributed by atoms with E-state index in [2.05, 4.69) is 13.1 Å². The van der Waals surface area contributed by atoms with E-state index in [9.17, 15) is 38.2 Å². The van der Waals surface area contributed by atoms with Crippen molar-refractivity contribution in [2.45, 2.75) is 43.1 Å². The van der Waals surface area contributed by atoms with Crippen LogP contribution in [0.4, 0.5) is 0 Å². The number of nitrogens with one attached hydrogen (secondary N) is 1. The van der Waals surface area contributed by atoms with Crippen molar-refractivity contribution in [3.8, 4) is 0 Å². The van der Waals surface area contributed by atoms with Crippen LogP contribution in [0.15, 0.2) is 21.9 Å². The summed E-state index contributed by atoms with van der Waals surface area (Å²) in [6.07, 6.45) is -1.67. The third kappa shape index (κ3) is 6.90. The van der Waals surface area contributed by atoms with Crippen LogP contribution in [0, 0.1) is 0 Å². The molecule has 32 heavy (non-hydrogen) atoms. The quantitative estimate of drug-likeness (QED) is 0.167. The summed E-state index contributed by atoms with van der Waals surface area (Å²) in [6, 6.07) is 0.993. The van der Waals surface area contributed by atoms with Gasteiger partial charge < -0.3 is 29.4 Å². The van der Waals surface area contributed by atoms with Crippen LogP contribution >= 0.6 is 35.1 Å². The van der Waals surface area contributed by atoms with Crippen LogP contribution in [-0.4, -0.2) is 57.9 Å². The molecular weight excluding hydrogens is 525 g/mol. The number of alkyl halides is 1. The van der Waals surface area contributed by atoms with Gasteiger partial charge in [0.05, 0.1) is 6.61 Å². The first-order valence-corrected chi connectivity index (χ1v) is 13.6. The minimum Gasteiger partial charge on any atom is -0.388 e. The molecule has 1 aliphatic heterocycles. The Morgan fingerprint density at radius 3 is 2.34 bits per heavy atom. The molecule has 0 spiro atoms. The predicted octanol–water partition coefficient (Wildman–Crippen LogP) is -0.0841. The molecule has 0 aromatic carbocycles. The minimum absolute atomic E-state index is 0.0538. The predicted molar refractivity (Wildman–Crippen MR) is 105 cm³/mol. The second-order valence-electron chi connectivity index (χ2n) is 6.59. The van der Waals surface area contributed by atoms with Gasteiger partial charge in [0.15, 0.2) is 6.23 Å². The topological polar surface area (TPSA) is 244 Å². The Morgan fingerprint density at radius 1 is 1.19 bits per heavy atom. The molecule has 1 aromatic rings. The number of hydrogen-bond donors (Lipinski definition) is 6. The summed E-state index contributed by atoms with van der Waals surface area (Å²) in [7, 11) is -16.8. The van der Waals surface area contributed by atoms with Crippen LogP contribution in [0.25, 0.3) is 0 Å². The number of halogens is 1. The van der Waals surface area contributed by atoms with E-state index in [1.807, 2.05) is 4.98 Å². The first-order chi connectivity index (χ1) is 14.5. The number of aliphatic hydroxyl groups is 1. The molecule has 2 rings (SSSR count). The number of aromatic nitrogens is 2. The third-order valence-electron chi connectivity index (χ3n) is 4.15. The summed E-state index contributed by atoms with van der Waals surface area (Å²) in [5.74, 6) is 0. The maximum Gasteiger partial charge on any atom is 0.490 e. The lowest BCUT2D eigenvalue weighted by molar-refractivity contribution is -0.130. The van der Waals surface area contributed by atoms with Gasteiger partial charge in [-0.15, -0.1) is 11.6 Å². The molecule has 0 bridgehead atoms. The number of aromatic amines is 1. The average Bonchev–Trinajstić information content (AvgIpc) is 2.83. The summed E-state index contributed by atoms with van der Waals surface area (Å²) in [5.41, 5.74) is -3.45. The normalized spacial score (nSPS) is 30.0. The molecule has 20 heteroatoms. The number of aliphatic hydroxyl groups excluding tert-OH is 1. The number of phosphoric acid groups is 3. The SMILES string of the molecule is CCC[C@]1(COP(=O)(O)OP(=O)(O)OP(=O)(O)O)OC(n2ccc(=O)[nH]c2=O)[C@H](Cl)[C@@H]1O. The standard InChI is InChI=1S/C12H20ClN2O14P3/c1-2-4-12(6-26-31(22,23)29-32(24,25)28-30(19,20)21)9(17)8(13)10(27-12)15-5-3-7(16)14-11(15)18/h3,5,8-10,17H,2,4,6H2,1H3,(H,22,23)(H,24,25)(H,14,16,18)(H2,19,20,21)/t8-,9+,10?,12-/m1/s1. The highest BCUT2D eigenvalue weighted by molar-refractivity contribution is 7.66. The Labute approximate surface area is 184 Å². The fourth-order valence-corrected chi connectivity index (χ4v) is 6.45. The molecule has 0 amide bonds. The molecule has 0 aliphatic carbocycles. The van der Waals surface area contributed by atoms with Crippen molar-refractivity contribution in [2.75, 3.05) is 6.61 Å². The summed E-state index contributed by atoms with van der Waals surface area (Å²) in [6.45, 7) is 0.676. The zero-order chi connectivity index (χ0) is 24.5. The lowest BCUT2D eigenvalue weighted by Crippen LogP contribution is -2.45. The Bertz CT molecular complexity index is 1090. The van der Waals surface area contributed by atoms with Gasteiger partial charge in [0, 0.05) is 12.3 Å².